The number of para-hydroxylation sites is 1. The minimum absolute atomic E-state index is 0.342. The molecule has 2 aromatic heterocycles. The van der Waals surface area contributed by atoms with Gasteiger partial charge < -0.3 is 9.55 Å². The summed E-state index contributed by atoms with van der Waals surface area (Å²) in [6.07, 6.45) is 4.24. The highest BCUT2D eigenvalue weighted by Gasteiger charge is 2.19. The lowest BCUT2D eigenvalue weighted by Crippen LogP contribution is -2.24. The van der Waals surface area contributed by atoms with Gasteiger partial charge in [0.2, 0.25) is 0 Å². The van der Waals surface area contributed by atoms with Crippen LogP contribution in [0.2, 0.25) is 0 Å². The van der Waals surface area contributed by atoms with Gasteiger partial charge in [-0.15, -0.1) is 0 Å². The summed E-state index contributed by atoms with van der Waals surface area (Å²) >= 11 is 0. The number of H-pyrrole nitrogens is 1. The van der Waals surface area contributed by atoms with Crippen molar-refractivity contribution >= 4 is 23.6 Å². The fourth-order valence-corrected chi connectivity index (χ4v) is 3.45. The van der Waals surface area contributed by atoms with Crippen LogP contribution in [0.4, 0.5) is 0 Å². The first-order valence-electron chi connectivity index (χ1n) is 7.42. The highest BCUT2D eigenvalue weighted by Crippen LogP contribution is 2.33. The van der Waals surface area contributed by atoms with Gasteiger partial charge in [0.15, 0.2) is 0 Å². The zero-order valence-corrected chi connectivity index (χ0v) is 13.2. The Morgan fingerprint density at radius 1 is 1.29 bits per heavy atom. The Labute approximate surface area is 125 Å². The lowest BCUT2D eigenvalue weighted by molar-refractivity contribution is 0.857. The predicted molar refractivity (Wildman–Crippen MR) is 90.9 cm³/mol. The quantitative estimate of drug-likeness (QED) is 0.743. The van der Waals surface area contributed by atoms with Gasteiger partial charge in [0.05, 0.1) is 0 Å². The van der Waals surface area contributed by atoms with Crippen LogP contribution < -0.4 is 10.6 Å². The molecule has 2 heterocycles. The summed E-state index contributed by atoms with van der Waals surface area (Å²) < 4.78 is 2.29. The van der Waals surface area contributed by atoms with Gasteiger partial charge in [0.1, 0.15) is 0 Å². The number of aromatic nitrogens is 2. The molecule has 2 heteroatoms. The molecule has 2 nitrogen and oxygen atoms in total. The number of rotatable bonds is 2. The van der Waals surface area contributed by atoms with Crippen molar-refractivity contribution in [3.8, 4) is 0 Å². The van der Waals surface area contributed by atoms with Gasteiger partial charge in [-0.25, -0.2) is 0 Å². The van der Waals surface area contributed by atoms with Gasteiger partial charge in [0.25, 0.3) is 0 Å². The van der Waals surface area contributed by atoms with Crippen LogP contribution in [0.5, 0.6) is 0 Å². The van der Waals surface area contributed by atoms with Crippen molar-refractivity contribution in [2.45, 2.75) is 26.7 Å². The Balaban J connectivity index is 2.30. The standard InChI is InChI=1S/C19H22N2/c1-6-15-13(3)20-11-17(15)12(2)19-14(4)21(5)18-10-8-7-9-16(18)19/h6-12,20H,3H2,1-2,4-5H3/b15-6+. The van der Waals surface area contributed by atoms with Crippen LogP contribution in [0.3, 0.4) is 0 Å². The maximum atomic E-state index is 4.09. The minimum atomic E-state index is 0.342. The average molecular weight is 278 g/mol. The Kier molecular flexibility index (Phi) is 3.25. The minimum Gasteiger partial charge on any atom is -0.361 e. The molecule has 0 bridgehead atoms. The van der Waals surface area contributed by atoms with Crippen molar-refractivity contribution in [3.05, 3.63) is 57.9 Å². The zero-order chi connectivity index (χ0) is 15.1. The monoisotopic (exact) mass is 278 g/mol. The molecule has 0 aliphatic rings. The van der Waals surface area contributed by atoms with E-state index in [1.807, 2.05) is 0 Å². The molecular formula is C19H22N2. The SMILES string of the molecule is C=c1[nH]cc(C(C)c2c(C)n(C)c3ccccc23)/c1=C/C. The average Bonchev–Trinajstić information content (AvgIpc) is 2.98. The van der Waals surface area contributed by atoms with Crippen molar-refractivity contribution in [3.63, 3.8) is 0 Å². The molecular weight excluding hydrogens is 256 g/mol. The second-order valence-corrected chi connectivity index (χ2v) is 5.72. The highest BCUT2D eigenvalue weighted by molar-refractivity contribution is 5.86. The van der Waals surface area contributed by atoms with E-state index < -0.39 is 0 Å². The third kappa shape index (κ3) is 1.94. The largest absolute Gasteiger partial charge is 0.361 e. The number of aromatic amines is 1. The van der Waals surface area contributed by atoms with Gasteiger partial charge in [-0.2, -0.15) is 0 Å². The van der Waals surface area contributed by atoms with Crippen LogP contribution in [-0.2, 0) is 7.05 Å². The van der Waals surface area contributed by atoms with Crippen molar-refractivity contribution in [1.82, 2.24) is 9.55 Å². The maximum Gasteiger partial charge on any atom is 0.0482 e. The Morgan fingerprint density at radius 2 is 2.00 bits per heavy atom. The Morgan fingerprint density at radius 3 is 2.71 bits per heavy atom. The summed E-state index contributed by atoms with van der Waals surface area (Å²) in [4.78, 5) is 3.26. The van der Waals surface area contributed by atoms with E-state index in [9.17, 15) is 0 Å². The molecule has 0 aliphatic heterocycles. The van der Waals surface area contributed by atoms with Gasteiger partial charge in [-0.3, -0.25) is 0 Å². The molecule has 0 saturated heterocycles. The Hall–Kier alpha value is -2.22. The molecule has 0 amide bonds. The van der Waals surface area contributed by atoms with Gasteiger partial charge in [-0.05, 0) is 36.3 Å². The molecule has 0 saturated carbocycles. The number of hydrogen-bond donors (Lipinski definition) is 1. The summed E-state index contributed by atoms with van der Waals surface area (Å²) in [6, 6.07) is 8.64. The molecule has 3 aromatic rings. The molecule has 108 valence electrons. The van der Waals surface area contributed by atoms with Gasteiger partial charge in [0, 0.05) is 41.1 Å². The fraction of sp³-hybridized carbons (Fsp3) is 0.263. The van der Waals surface area contributed by atoms with E-state index in [4.69, 9.17) is 0 Å². The number of benzene rings is 1. The summed E-state index contributed by atoms with van der Waals surface area (Å²) in [7, 11) is 2.14. The van der Waals surface area contributed by atoms with Gasteiger partial charge >= 0.3 is 0 Å². The van der Waals surface area contributed by atoms with E-state index >= 15 is 0 Å². The summed E-state index contributed by atoms with van der Waals surface area (Å²) in [5.41, 5.74) is 5.36. The summed E-state index contributed by atoms with van der Waals surface area (Å²) in [5, 5.41) is 3.57. The topological polar surface area (TPSA) is 20.7 Å². The zero-order valence-electron chi connectivity index (χ0n) is 13.2. The fourth-order valence-electron chi connectivity index (χ4n) is 3.45. The van der Waals surface area contributed by atoms with Crippen LogP contribution in [0.15, 0.2) is 30.5 Å². The van der Waals surface area contributed by atoms with Gasteiger partial charge in [-0.1, -0.05) is 37.8 Å². The van der Waals surface area contributed by atoms with Crippen molar-refractivity contribution in [1.29, 1.82) is 0 Å². The molecule has 3 rings (SSSR count). The van der Waals surface area contributed by atoms with Crippen LogP contribution in [0, 0.1) is 6.92 Å². The van der Waals surface area contributed by atoms with E-state index in [1.165, 1.54) is 32.9 Å². The normalized spacial score (nSPS) is 14.0. The van der Waals surface area contributed by atoms with Crippen LogP contribution in [-0.4, -0.2) is 9.55 Å². The van der Waals surface area contributed by atoms with E-state index in [0.29, 0.717) is 5.92 Å². The van der Waals surface area contributed by atoms with Crippen LogP contribution in [0.1, 0.15) is 36.6 Å². The summed E-state index contributed by atoms with van der Waals surface area (Å²) in [6.45, 7) is 10.6. The number of nitrogens with zero attached hydrogens (tertiary/aromatic N) is 1. The molecule has 1 aromatic carbocycles. The third-order valence-electron chi connectivity index (χ3n) is 4.67. The second kappa shape index (κ2) is 4.96. The molecule has 0 aliphatic carbocycles. The molecule has 21 heavy (non-hydrogen) atoms. The van der Waals surface area contributed by atoms with E-state index in [2.05, 4.69) is 80.5 Å². The predicted octanol–water partition coefficient (Wildman–Crippen LogP) is 3.18. The van der Waals surface area contributed by atoms with E-state index in [1.54, 1.807) is 0 Å². The molecule has 0 fully saturated rings. The smallest absolute Gasteiger partial charge is 0.0482 e. The van der Waals surface area contributed by atoms with Crippen molar-refractivity contribution in [2.24, 2.45) is 7.05 Å². The van der Waals surface area contributed by atoms with Crippen molar-refractivity contribution < 1.29 is 0 Å². The number of fused-ring (bicyclic) bond motifs is 1. The van der Waals surface area contributed by atoms with E-state index in [0.717, 1.165) is 5.35 Å². The van der Waals surface area contributed by atoms with Crippen LogP contribution in [0.25, 0.3) is 23.6 Å². The van der Waals surface area contributed by atoms with Crippen LogP contribution >= 0.6 is 0 Å². The molecule has 1 N–H and O–H groups in total. The van der Waals surface area contributed by atoms with Crippen molar-refractivity contribution in [2.75, 3.05) is 0 Å². The maximum absolute atomic E-state index is 4.09. The highest BCUT2D eigenvalue weighted by atomic mass is 14.9. The second-order valence-electron chi connectivity index (χ2n) is 5.72. The first-order chi connectivity index (χ1) is 10.1. The molecule has 1 atom stereocenters. The molecule has 0 spiro atoms. The third-order valence-corrected chi connectivity index (χ3v) is 4.67. The lowest BCUT2D eigenvalue weighted by atomic mass is 9.91. The Bertz CT molecular complexity index is 909. The first kappa shape index (κ1) is 13.7. The number of nitrogens with one attached hydrogen (secondary N) is 1. The summed E-state index contributed by atoms with van der Waals surface area (Å²) in [5.74, 6) is 0.342. The first-order valence-corrected chi connectivity index (χ1v) is 7.42. The number of hydrogen-bond acceptors (Lipinski definition) is 0. The molecule has 0 radical (unpaired) electrons. The molecule has 1 unspecified atom stereocenters. The lowest BCUT2D eigenvalue weighted by Gasteiger charge is -2.12. The van der Waals surface area contributed by atoms with E-state index in [-0.39, 0.29) is 0 Å². The number of aryl methyl sites for hydroxylation is 1.